The molecular weight excluding hydrogens is 624 g/mol. The lowest BCUT2D eigenvalue weighted by Gasteiger charge is -2.39. The molecule has 45 heavy (non-hydrogen) atoms. The van der Waals surface area contributed by atoms with E-state index in [2.05, 4.69) is 4.98 Å². The Morgan fingerprint density at radius 1 is 0.978 bits per heavy atom. The number of aryl methyl sites for hydroxylation is 1. The summed E-state index contributed by atoms with van der Waals surface area (Å²) in [5.74, 6) is -2.12. The van der Waals surface area contributed by atoms with Crippen molar-refractivity contribution in [2.75, 3.05) is 19.6 Å². The summed E-state index contributed by atoms with van der Waals surface area (Å²) in [6.07, 6.45) is 5.99. The highest BCUT2D eigenvalue weighted by molar-refractivity contribution is 7.89. The van der Waals surface area contributed by atoms with Crippen molar-refractivity contribution >= 4 is 42.8 Å². The van der Waals surface area contributed by atoms with Crippen LogP contribution in [0, 0.1) is 0 Å². The number of aromatic nitrogens is 1. The number of furan rings is 1. The van der Waals surface area contributed by atoms with Crippen LogP contribution in [0.4, 0.5) is 0 Å². The van der Waals surface area contributed by atoms with Crippen molar-refractivity contribution in [2.45, 2.75) is 49.3 Å². The summed E-state index contributed by atoms with van der Waals surface area (Å²) >= 11 is 0. The largest absolute Gasteiger partial charge is 0.468 e. The molecule has 1 N–H and O–H groups in total. The molecule has 0 saturated carbocycles. The van der Waals surface area contributed by atoms with Gasteiger partial charge in [-0.2, -0.15) is 4.31 Å². The topological polar surface area (TPSA) is 177 Å². The van der Waals surface area contributed by atoms with E-state index in [1.807, 2.05) is 11.6 Å². The average molecular weight is 657 g/mol. The third kappa shape index (κ3) is 7.16. The van der Waals surface area contributed by atoms with Crippen molar-refractivity contribution in [1.29, 1.82) is 0 Å². The Labute approximate surface area is 259 Å². The molecular formula is C30H32N4O9S2. The molecule has 0 spiro atoms. The zero-order chi connectivity index (χ0) is 32.2. The van der Waals surface area contributed by atoms with E-state index >= 15 is 0 Å². The summed E-state index contributed by atoms with van der Waals surface area (Å²) in [4.78, 5) is 45.0. The molecule has 15 heteroatoms. The maximum Gasteiger partial charge on any atom is 0.348 e. The molecule has 1 unspecified atom stereocenters. The minimum absolute atomic E-state index is 0.0620. The molecule has 1 aromatic carbocycles. The second-order valence-electron chi connectivity index (χ2n) is 10.6. The fourth-order valence-corrected chi connectivity index (χ4v) is 7.96. The number of sulfonamides is 2. The van der Waals surface area contributed by atoms with Crippen molar-refractivity contribution < 1.29 is 35.3 Å². The van der Waals surface area contributed by atoms with Crippen molar-refractivity contribution in [3.63, 3.8) is 0 Å². The lowest BCUT2D eigenvalue weighted by Crippen LogP contribution is -2.62. The minimum atomic E-state index is -4.45. The number of carbonyl (C=O) groups is 2. The van der Waals surface area contributed by atoms with Gasteiger partial charge in [0.2, 0.25) is 20.0 Å². The minimum Gasteiger partial charge on any atom is -0.468 e. The number of benzene rings is 1. The second kappa shape index (κ2) is 13.3. The van der Waals surface area contributed by atoms with Crippen LogP contribution in [0.1, 0.15) is 48.1 Å². The van der Waals surface area contributed by atoms with E-state index in [1.54, 1.807) is 24.3 Å². The van der Waals surface area contributed by atoms with Crippen LogP contribution < -0.4 is 10.3 Å². The molecule has 13 nitrogen and oxygen atoms in total. The molecule has 4 aromatic rings. The van der Waals surface area contributed by atoms with E-state index in [-0.39, 0.29) is 34.8 Å². The van der Waals surface area contributed by atoms with E-state index in [0.717, 1.165) is 28.5 Å². The van der Waals surface area contributed by atoms with Gasteiger partial charge in [-0.3, -0.25) is 19.3 Å². The molecule has 238 valence electrons. The van der Waals surface area contributed by atoms with Gasteiger partial charge < -0.3 is 13.7 Å². The van der Waals surface area contributed by atoms with Gasteiger partial charge in [-0.25, -0.2) is 21.6 Å². The van der Waals surface area contributed by atoms with E-state index < -0.39 is 55.8 Å². The highest BCUT2D eigenvalue weighted by atomic mass is 32.2. The Bertz CT molecular complexity index is 1970. The molecule has 1 atom stereocenters. The first-order valence-electron chi connectivity index (χ1n) is 14.3. The maximum atomic E-state index is 14.1. The van der Waals surface area contributed by atoms with Crippen molar-refractivity contribution in [1.82, 2.24) is 18.9 Å². The Kier molecular flexibility index (Phi) is 9.51. The SMILES string of the molecule is CCCCCc1ccc(C(=O)N2CCN(S(=O)(=O)c3cccc4cccnc34)C(C(=O)NS(=O)(=O)Cc3ccco3)C2)c(=O)o1. The molecule has 3 aromatic heterocycles. The Balaban J connectivity index is 1.45. The third-order valence-corrected chi connectivity index (χ3v) is 10.5. The Hall–Kier alpha value is -4.34. The van der Waals surface area contributed by atoms with Crippen LogP contribution in [-0.4, -0.2) is 68.5 Å². The number of piperazine rings is 1. The van der Waals surface area contributed by atoms with Crippen LogP contribution in [-0.2, 0) is 37.0 Å². The average Bonchev–Trinajstić information content (AvgIpc) is 3.52. The predicted molar refractivity (Wildman–Crippen MR) is 163 cm³/mol. The van der Waals surface area contributed by atoms with Gasteiger partial charge in [0.15, 0.2) is 0 Å². The lowest BCUT2D eigenvalue weighted by molar-refractivity contribution is -0.124. The normalized spacial score (nSPS) is 16.1. The van der Waals surface area contributed by atoms with Gasteiger partial charge in [0.05, 0.1) is 11.8 Å². The van der Waals surface area contributed by atoms with Crippen LogP contribution >= 0.6 is 0 Å². The van der Waals surface area contributed by atoms with Crippen LogP contribution in [0.3, 0.4) is 0 Å². The first-order chi connectivity index (χ1) is 21.5. The lowest BCUT2D eigenvalue weighted by atomic mass is 10.1. The number of nitrogens with one attached hydrogen (secondary N) is 1. The van der Waals surface area contributed by atoms with Gasteiger partial charge in [-0.1, -0.05) is 38.0 Å². The van der Waals surface area contributed by atoms with Gasteiger partial charge >= 0.3 is 5.63 Å². The van der Waals surface area contributed by atoms with Gasteiger partial charge in [-0.15, -0.1) is 0 Å². The quantitative estimate of drug-likeness (QED) is 0.236. The first kappa shape index (κ1) is 32.1. The van der Waals surface area contributed by atoms with Crippen molar-refractivity contribution in [3.8, 4) is 0 Å². The number of hydrogen-bond acceptors (Lipinski definition) is 10. The zero-order valence-corrected chi connectivity index (χ0v) is 26.1. The number of fused-ring (bicyclic) bond motifs is 1. The molecule has 1 aliphatic heterocycles. The number of carbonyl (C=O) groups excluding carboxylic acids is 2. The summed E-state index contributed by atoms with van der Waals surface area (Å²) < 4.78 is 67.0. The van der Waals surface area contributed by atoms with Gasteiger partial charge in [0.1, 0.15) is 33.8 Å². The molecule has 1 fully saturated rings. The van der Waals surface area contributed by atoms with Gasteiger partial charge in [-0.05, 0) is 42.8 Å². The molecule has 5 rings (SSSR count). The third-order valence-electron chi connectivity index (χ3n) is 7.41. The summed E-state index contributed by atoms with van der Waals surface area (Å²) in [7, 11) is -8.78. The summed E-state index contributed by atoms with van der Waals surface area (Å²) in [5, 5.41) is 0.541. The monoisotopic (exact) mass is 656 g/mol. The molecule has 1 aliphatic rings. The summed E-state index contributed by atoms with van der Waals surface area (Å²) in [6.45, 7) is 0.963. The second-order valence-corrected chi connectivity index (χ2v) is 14.2. The van der Waals surface area contributed by atoms with Gasteiger partial charge in [0.25, 0.3) is 11.8 Å². The number of amides is 2. The molecule has 0 radical (unpaired) electrons. The number of unbranched alkanes of at least 4 members (excludes halogenated alkanes) is 2. The predicted octanol–water partition coefficient (Wildman–Crippen LogP) is 2.68. The zero-order valence-electron chi connectivity index (χ0n) is 24.4. The number of para-hydroxylation sites is 1. The van der Waals surface area contributed by atoms with E-state index in [9.17, 15) is 31.2 Å². The van der Waals surface area contributed by atoms with Crippen LogP contribution in [0.25, 0.3) is 10.9 Å². The van der Waals surface area contributed by atoms with E-state index in [4.69, 9.17) is 8.83 Å². The summed E-state index contributed by atoms with van der Waals surface area (Å²) in [5.41, 5.74) is -0.971. The van der Waals surface area contributed by atoms with Crippen LogP contribution in [0.2, 0.25) is 0 Å². The molecule has 0 bridgehead atoms. The van der Waals surface area contributed by atoms with E-state index in [1.165, 1.54) is 42.8 Å². The molecule has 4 heterocycles. The Morgan fingerprint density at radius 2 is 1.78 bits per heavy atom. The number of nitrogens with zero attached hydrogens (tertiary/aromatic N) is 3. The molecule has 1 saturated heterocycles. The highest BCUT2D eigenvalue weighted by Crippen LogP contribution is 2.28. The Morgan fingerprint density at radius 3 is 2.51 bits per heavy atom. The number of hydrogen-bond donors (Lipinski definition) is 1. The van der Waals surface area contributed by atoms with Crippen LogP contribution in [0.15, 0.2) is 85.6 Å². The summed E-state index contributed by atoms with van der Waals surface area (Å²) in [6, 6.07) is 12.0. The fourth-order valence-electron chi connectivity index (χ4n) is 5.17. The van der Waals surface area contributed by atoms with Crippen LogP contribution in [0.5, 0.6) is 0 Å². The molecule has 2 amide bonds. The van der Waals surface area contributed by atoms with Gasteiger partial charge in [0, 0.05) is 37.6 Å². The molecule has 0 aliphatic carbocycles. The smallest absolute Gasteiger partial charge is 0.348 e. The number of rotatable bonds is 11. The number of pyridine rings is 1. The first-order valence-corrected chi connectivity index (χ1v) is 17.4. The van der Waals surface area contributed by atoms with Crippen molar-refractivity contribution in [3.05, 3.63) is 94.6 Å². The van der Waals surface area contributed by atoms with Crippen molar-refractivity contribution in [2.24, 2.45) is 0 Å². The van der Waals surface area contributed by atoms with E-state index in [0.29, 0.717) is 17.6 Å². The highest BCUT2D eigenvalue weighted by Gasteiger charge is 2.43. The fraction of sp³-hybridized carbons (Fsp3) is 0.333. The standard InChI is InChI=1S/C30H32N4O9S2/c1-2-3-4-10-22-13-14-24(30(37)43-22)29(36)33-16-17-34(45(40,41)26-12-5-8-21-9-6-15-31-27(21)26)25(19-33)28(35)32-44(38,39)20-23-11-7-18-42-23/h5-9,11-15,18,25H,2-4,10,16-17,19-20H2,1H3,(H,32,35). The maximum absolute atomic E-state index is 14.1.